The molecule has 0 unspecified atom stereocenters. The lowest BCUT2D eigenvalue weighted by Gasteiger charge is -2.33. The molecule has 1 fully saturated rings. The Morgan fingerprint density at radius 1 is 1.11 bits per heavy atom. The number of hydrogen-bond acceptors (Lipinski definition) is 8. The average Bonchev–Trinajstić information content (AvgIpc) is 3.39. The second kappa shape index (κ2) is 11.1. The normalized spacial score (nSPS) is 15.4. The number of carbonyl (C=O) groups excluding carboxylic acids is 1. The molecule has 3 aromatic rings. The molecule has 0 aliphatic carbocycles. The van der Waals surface area contributed by atoms with Crippen LogP contribution in [0.3, 0.4) is 0 Å². The molecule has 196 valence electrons. The lowest BCUT2D eigenvalue weighted by Crippen LogP contribution is -2.48. The van der Waals surface area contributed by atoms with Crippen LogP contribution in [-0.4, -0.2) is 95.2 Å². The maximum absolute atomic E-state index is 12.6. The quantitative estimate of drug-likeness (QED) is 0.456. The fourth-order valence-electron chi connectivity index (χ4n) is 4.29. The minimum Gasteiger partial charge on any atom is -0.364 e. The third-order valence-corrected chi connectivity index (χ3v) is 7.40. The standard InChI is InChI=1S/C26H40N8OS/c1-7-32-14-16-33(17-15-32)13-12-27-21(35)18-31(6)25-30-34-23(29-26(3,4)5)22(28-24(34)36-25)20-10-8-19(2)9-11-20/h8-11,29H,7,12-18H2,1-6H3,(H,27,35). The summed E-state index contributed by atoms with van der Waals surface area (Å²) in [6.07, 6.45) is 0. The van der Waals surface area contributed by atoms with Crippen molar-refractivity contribution in [2.24, 2.45) is 0 Å². The molecule has 0 spiro atoms. The first kappa shape index (κ1) is 26.4. The zero-order valence-electron chi connectivity index (χ0n) is 22.5. The largest absolute Gasteiger partial charge is 0.364 e. The number of imidazole rings is 1. The van der Waals surface area contributed by atoms with Gasteiger partial charge in [-0.15, -0.1) is 5.10 Å². The van der Waals surface area contributed by atoms with Crippen molar-refractivity contribution in [3.05, 3.63) is 29.8 Å². The van der Waals surface area contributed by atoms with Crippen LogP contribution in [0, 0.1) is 6.92 Å². The number of amides is 1. The van der Waals surface area contributed by atoms with E-state index in [-0.39, 0.29) is 18.0 Å². The van der Waals surface area contributed by atoms with Gasteiger partial charge in [-0.2, -0.15) is 4.52 Å². The van der Waals surface area contributed by atoms with Gasteiger partial charge in [0.05, 0.1) is 6.54 Å². The Morgan fingerprint density at radius 2 is 1.78 bits per heavy atom. The number of nitrogens with zero attached hydrogens (tertiary/aromatic N) is 6. The third-order valence-electron chi connectivity index (χ3n) is 6.38. The number of fused-ring (bicyclic) bond motifs is 1. The van der Waals surface area contributed by atoms with Crippen LogP contribution >= 0.6 is 11.3 Å². The highest BCUT2D eigenvalue weighted by molar-refractivity contribution is 7.20. The van der Waals surface area contributed by atoms with Gasteiger partial charge in [0.1, 0.15) is 5.69 Å². The molecule has 0 saturated carbocycles. The Balaban J connectivity index is 1.40. The van der Waals surface area contributed by atoms with E-state index in [1.165, 1.54) is 16.9 Å². The fraction of sp³-hybridized carbons (Fsp3) is 0.577. The number of carbonyl (C=O) groups is 1. The van der Waals surface area contributed by atoms with E-state index in [9.17, 15) is 4.79 Å². The van der Waals surface area contributed by atoms with Gasteiger partial charge in [-0.25, -0.2) is 4.98 Å². The van der Waals surface area contributed by atoms with Gasteiger partial charge in [0.15, 0.2) is 5.82 Å². The number of benzene rings is 1. The predicted molar refractivity (Wildman–Crippen MR) is 149 cm³/mol. The first-order valence-electron chi connectivity index (χ1n) is 12.8. The van der Waals surface area contributed by atoms with E-state index in [4.69, 9.17) is 10.1 Å². The van der Waals surface area contributed by atoms with Crippen molar-refractivity contribution < 1.29 is 4.79 Å². The molecule has 0 bridgehead atoms. The summed E-state index contributed by atoms with van der Waals surface area (Å²) in [5, 5.41) is 12.2. The molecule has 3 heterocycles. The summed E-state index contributed by atoms with van der Waals surface area (Å²) in [5.74, 6) is 0.871. The second-order valence-corrected chi connectivity index (χ2v) is 11.5. The number of rotatable bonds is 9. The number of aromatic nitrogens is 3. The average molecular weight is 513 g/mol. The van der Waals surface area contributed by atoms with Crippen molar-refractivity contribution in [3.8, 4) is 11.3 Å². The molecule has 1 aliphatic rings. The van der Waals surface area contributed by atoms with Crippen molar-refractivity contribution >= 4 is 33.2 Å². The maximum Gasteiger partial charge on any atom is 0.239 e. The molecule has 2 N–H and O–H groups in total. The molecule has 1 saturated heterocycles. The molecule has 0 radical (unpaired) electrons. The van der Waals surface area contributed by atoms with Gasteiger partial charge in [-0.05, 0) is 34.2 Å². The summed E-state index contributed by atoms with van der Waals surface area (Å²) in [6, 6.07) is 8.38. The van der Waals surface area contributed by atoms with Gasteiger partial charge in [-0.1, -0.05) is 48.1 Å². The van der Waals surface area contributed by atoms with E-state index < -0.39 is 0 Å². The lowest BCUT2D eigenvalue weighted by atomic mass is 10.1. The van der Waals surface area contributed by atoms with Gasteiger partial charge in [0.25, 0.3) is 0 Å². The van der Waals surface area contributed by atoms with Crippen LogP contribution in [0.1, 0.15) is 33.3 Å². The SMILES string of the molecule is CCN1CCN(CCNC(=O)CN(C)c2nn3c(NC(C)(C)C)c(-c4ccc(C)cc4)nc3s2)CC1. The van der Waals surface area contributed by atoms with Gasteiger partial charge in [-0.3, -0.25) is 9.69 Å². The summed E-state index contributed by atoms with van der Waals surface area (Å²) in [4.78, 5) is 25.1. The summed E-state index contributed by atoms with van der Waals surface area (Å²) in [6.45, 7) is 17.9. The molecule has 1 amide bonds. The topological polar surface area (TPSA) is 81.0 Å². The number of nitrogens with one attached hydrogen (secondary N) is 2. The van der Waals surface area contributed by atoms with Crippen LogP contribution in [0.4, 0.5) is 10.9 Å². The summed E-state index contributed by atoms with van der Waals surface area (Å²) in [7, 11) is 1.90. The highest BCUT2D eigenvalue weighted by Gasteiger charge is 2.23. The van der Waals surface area contributed by atoms with Crippen LogP contribution in [0.25, 0.3) is 16.2 Å². The minimum atomic E-state index is -0.159. The van der Waals surface area contributed by atoms with Crippen LogP contribution < -0.4 is 15.5 Å². The summed E-state index contributed by atoms with van der Waals surface area (Å²) < 4.78 is 1.87. The molecule has 2 aromatic heterocycles. The first-order chi connectivity index (χ1) is 17.1. The lowest BCUT2D eigenvalue weighted by molar-refractivity contribution is -0.119. The molecular weight excluding hydrogens is 472 g/mol. The van der Waals surface area contributed by atoms with Crippen LogP contribution in [-0.2, 0) is 4.79 Å². The third kappa shape index (κ3) is 6.54. The van der Waals surface area contributed by atoms with Crippen molar-refractivity contribution in [3.63, 3.8) is 0 Å². The second-order valence-electron chi connectivity index (χ2n) is 10.6. The Hall–Kier alpha value is -2.69. The van der Waals surface area contributed by atoms with Gasteiger partial charge in [0, 0.05) is 57.4 Å². The molecule has 1 aromatic carbocycles. The highest BCUT2D eigenvalue weighted by Crippen LogP contribution is 2.34. The zero-order chi connectivity index (χ0) is 25.9. The summed E-state index contributed by atoms with van der Waals surface area (Å²) in [5.41, 5.74) is 2.99. The van der Waals surface area contributed by atoms with E-state index in [1.807, 2.05) is 16.5 Å². The molecule has 10 heteroatoms. The molecule has 9 nitrogen and oxygen atoms in total. The van der Waals surface area contributed by atoms with Gasteiger partial charge < -0.3 is 20.4 Å². The molecule has 0 atom stereocenters. The zero-order valence-corrected chi connectivity index (χ0v) is 23.3. The molecule has 36 heavy (non-hydrogen) atoms. The van der Waals surface area contributed by atoms with Crippen LogP contribution in [0.5, 0.6) is 0 Å². The number of hydrogen-bond donors (Lipinski definition) is 2. The Labute approximate surface area is 218 Å². The van der Waals surface area contributed by atoms with E-state index in [2.05, 4.69) is 79.3 Å². The van der Waals surface area contributed by atoms with Gasteiger partial charge in [0.2, 0.25) is 16.0 Å². The smallest absolute Gasteiger partial charge is 0.239 e. The van der Waals surface area contributed by atoms with E-state index >= 15 is 0 Å². The van der Waals surface area contributed by atoms with Crippen molar-refractivity contribution in [2.75, 3.05) is 69.6 Å². The van der Waals surface area contributed by atoms with E-state index in [1.54, 1.807) is 0 Å². The van der Waals surface area contributed by atoms with Gasteiger partial charge >= 0.3 is 0 Å². The number of likely N-dealkylation sites (N-methyl/N-ethyl adjacent to an activating group) is 2. The Bertz CT molecular complexity index is 1160. The fourth-order valence-corrected chi connectivity index (χ4v) is 5.16. The van der Waals surface area contributed by atoms with E-state index in [0.717, 1.165) is 66.4 Å². The number of anilines is 2. The van der Waals surface area contributed by atoms with Crippen molar-refractivity contribution in [1.82, 2.24) is 29.7 Å². The van der Waals surface area contributed by atoms with Crippen molar-refractivity contribution in [1.29, 1.82) is 0 Å². The highest BCUT2D eigenvalue weighted by atomic mass is 32.1. The Morgan fingerprint density at radius 3 is 2.42 bits per heavy atom. The Kier molecular flexibility index (Phi) is 8.17. The molecule has 4 rings (SSSR count). The first-order valence-corrected chi connectivity index (χ1v) is 13.6. The maximum atomic E-state index is 12.6. The monoisotopic (exact) mass is 512 g/mol. The van der Waals surface area contributed by atoms with Crippen LogP contribution in [0.15, 0.2) is 24.3 Å². The van der Waals surface area contributed by atoms with Crippen molar-refractivity contribution in [2.45, 2.75) is 40.2 Å². The predicted octanol–water partition coefficient (Wildman–Crippen LogP) is 3.17. The molecule has 1 aliphatic heterocycles. The molecular formula is C26H40N8OS. The van der Waals surface area contributed by atoms with Crippen LogP contribution in [0.2, 0.25) is 0 Å². The van der Waals surface area contributed by atoms with E-state index in [0.29, 0.717) is 6.54 Å². The number of aryl methyl sites for hydroxylation is 1. The number of piperazine rings is 1. The minimum absolute atomic E-state index is 0.00548. The summed E-state index contributed by atoms with van der Waals surface area (Å²) >= 11 is 1.49.